The zero-order valence-corrected chi connectivity index (χ0v) is 11.3. The van der Waals surface area contributed by atoms with Gasteiger partial charge in [-0.25, -0.2) is 0 Å². The molecule has 0 aromatic heterocycles. The molecule has 2 rings (SSSR count). The summed E-state index contributed by atoms with van der Waals surface area (Å²) in [5.74, 6) is 0.209. The first kappa shape index (κ1) is 13.1. The van der Waals surface area contributed by atoms with Gasteiger partial charge in [-0.3, -0.25) is 0 Å². The lowest BCUT2D eigenvalue weighted by Crippen LogP contribution is -1.99. The van der Waals surface area contributed by atoms with Gasteiger partial charge in [0.15, 0.2) is 0 Å². The van der Waals surface area contributed by atoms with Crippen LogP contribution in [0.25, 0.3) is 5.57 Å². The van der Waals surface area contributed by atoms with Crippen molar-refractivity contribution in [2.24, 2.45) is 5.92 Å². The van der Waals surface area contributed by atoms with E-state index in [4.69, 9.17) is 0 Å². The fourth-order valence-corrected chi connectivity index (χ4v) is 2.16. The average molecular weight is 247 g/mol. The van der Waals surface area contributed by atoms with E-state index in [1.165, 1.54) is 0 Å². The van der Waals surface area contributed by atoms with Crippen molar-refractivity contribution in [2.45, 2.75) is 13.8 Å². The highest BCUT2D eigenvalue weighted by Gasteiger charge is 2.14. The summed E-state index contributed by atoms with van der Waals surface area (Å²) in [6, 6.07) is 22.6. The van der Waals surface area contributed by atoms with Crippen molar-refractivity contribution in [1.29, 1.82) is 5.26 Å². The number of nitrogens with zero attached hydrogens (tertiary/aromatic N) is 1. The van der Waals surface area contributed by atoms with Crippen LogP contribution in [0.3, 0.4) is 0 Å². The van der Waals surface area contributed by atoms with E-state index >= 15 is 0 Å². The first-order valence-corrected chi connectivity index (χ1v) is 6.49. The first-order chi connectivity index (χ1) is 9.24. The largest absolute Gasteiger partial charge is 0.193 e. The number of hydrogen-bond acceptors (Lipinski definition) is 1. The van der Waals surface area contributed by atoms with E-state index in [-0.39, 0.29) is 5.92 Å². The van der Waals surface area contributed by atoms with Gasteiger partial charge in [0.1, 0.15) is 0 Å². The van der Waals surface area contributed by atoms with E-state index in [1.54, 1.807) is 0 Å². The van der Waals surface area contributed by atoms with Crippen LogP contribution in [0.4, 0.5) is 0 Å². The summed E-state index contributed by atoms with van der Waals surface area (Å²) >= 11 is 0. The molecule has 0 saturated heterocycles. The number of rotatable bonds is 3. The monoisotopic (exact) mass is 247 g/mol. The molecular weight excluding hydrogens is 230 g/mol. The van der Waals surface area contributed by atoms with Gasteiger partial charge in [0.05, 0.1) is 6.07 Å². The molecule has 1 heteroatoms. The van der Waals surface area contributed by atoms with Crippen LogP contribution in [0.2, 0.25) is 0 Å². The maximum Gasteiger partial charge on any atom is 0.0956 e. The molecule has 2 aromatic rings. The van der Waals surface area contributed by atoms with Crippen molar-refractivity contribution in [3.05, 3.63) is 77.4 Å². The van der Waals surface area contributed by atoms with Crippen LogP contribution in [0.5, 0.6) is 0 Å². The van der Waals surface area contributed by atoms with Crippen molar-refractivity contribution in [2.75, 3.05) is 0 Å². The molecule has 0 N–H and O–H groups in total. The lowest BCUT2D eigenvalue weighted by atomic mass is 9.89. The van der Waals surface area contributed by atoms with Crippen molar-refractivity contribution in [3.8, 4) is 6.07 Å². The molecule has 19 heavy (non-hydrogen) atoms. The number of benzene rings is 2. The molecule has 0 unspecified atom stereocenters. The standard InChI is InChI=1S/C18H17N/c1-14(2)17(13-19)18(15-9-5-3-6-10-15)16-11-7-4-8-12-16/h3-12,14H,1-2H3. The van der Waals surface area contributed by atoms with Crippen LogP contribution < -0.4 is 0 Å². The molecule has 0 aliphatic carbocycles. The third-order valence-electron chi connectivity index (χ3n) is 3.09. The molecule has 0 spiro atoms. The third kappa shape index (κ3) is 2.92. The molecule has 0 fully saturated rings. The van der Waals surface area contributed by atoms with E-state index in [1.807, 2.05) is 36.4 Å². The summed E-state index contributed by atoms with van der Waals surface area (Å²) in [6.07, 6.45) is 0. The molecular formula is C18H17N. The molecule has 0 atom stereocenters. The van der Waals surface area contributed by atoms with Gasteiger partial charge in [0.25, 0.3) is 0 Å². The molecule has 0 saturated carbocycles. The number of nitriles is 1. The third-order valence-corrected chi connectivity index (χ3v) is 3.09. The number of allylic oxidation sites excluding steroid dienone is 1. The van der Waals surface area contributed by atoms with Gasteiger partial charge < -0.3 is 0 Å². The normalized spacial score (nSPS) is 10.0. The highest BCUT2D eigenvalue weighted by molar-refractivity contribution is 5.84. The molecule has 0 bridgehead atoms. The van der Waals surface area contributed by atoms with E-state index in [0.717, 1.165) is 22.3 Å². The quantitative estimate of drug-likeness (QED) is 0.723. The van der Waals surface area contributed by atoms with Gasteiger partial charge in [-0.1, -0.05) is 74.5 Å². The summed E-state index contributed by atoms with van der Waals surface area (Å²) in [6.45, 7) is 4.12. The number of hydrogen-bond donors (Lipinski definition) is 0. The fourth-order valence-electron chi connectivity index (χ4n) is 2.16. The first-order valence-electron chi connectivity index (χ1n) is 6.49. The maximum atomic E-state index is 9.48. The second kappa shape index (κ2) is 6.02. The van der Waals surface area contributed by atoms with Crippen molar-refractivity contribution in [1.82, 2.24) is 0 Å². The molecule has 2 aromatic carbocycles. The Hall–Kier alpha value is -2.33. The summed E-state index contributed by atoms with van der Waals surface area (Å²) < 4.78 is 0. The zero-order valence-electron chi connectivity index (χ0n) is 11.3. The Morgan fingerprint density at radius 1 is 0.842 bits per heavy atom. The lowest BCUT2D eigenvalue weighted by molar-refractivity contribution is 0.798. The summed E-state index contributed by atoms with van der Waals surface area (Å²) in [5.41, 5.74) is 4.06. The molecule has 1 nitrogen and oxygen atoms in total. The molecule has 0 heterocycles. The van der Waals surface area contributed by atoms with Crippen LogP contribution in [0, 0.1) is 17.2 Å². The van der Waals surface area contributed by atoms with Gasteiger partial charge in [0.2, 0.25) is 0 Å². The van der Waals surface area contributed by atoms with Gasteiger partial charge in [-0.2, -0.15) is 5.26 Å². The summed E-state index contributed by atoms with van der Waals surface area (Å²) in [5, 5.41) is 9.48. The van der Waals surface area contributed by atoms with E-state index < -0.39 is 0 Å². The Labute approximate surface area is 114 Å². The van der Waals surface area contributed by atoms with E-state index in [9.17, 15) is 5.26 Å². The second-order valence-corrected chi connectivity index (χ2v) is 4.79. The van der Waals surface area contributed by atoms with Crippen molar-refractivity contribution >= 4 is 5.57 Å². The molecule has 94 valence electrons. The van der Waals surface area contributed by atoms with E-state index in [2.05, 4.69) is 44.2 Å². The molecule has 0 aliphatic heterocycles. The van der Waals surface area contributed by atoms with Crippen LogP contribution in [0.15, 0.2) is 66.2 Å². The SMILES string of the molecule is CC(C)C(C#N)=C(c1ccccc1)c1ccccc1. The van der Waals surface area contributed by atoms with E-state index in [0.29, 0.717) is 0 Å². The summed E-state index contributed by atoms with van der Waals surface area (Å²) in [7, 11) is 0. The highest BCUT2D eigenvalue weighted by atomic mass is 14.3. The smallest absolute Gasteiger partial charge is 0.0956 e. The van der Waals surface area contributed by atoms with Crippen molar-refractivity contribution < 1.29 is 0 Å². The lowest BCUT2D eigenvalue weighted by Gasteiger charge is -2.14. The molecule has 0 aliphatic rings. The Bertz CT molecular complexity index is 560. The Kier molecular flexibility index (Phi) is 4.15. The fraction of sp³-hybridized carbons (Fsp3) is 0.167. The van der Waals surface area contributed by atoms with Gasteiger partial charge in [-0.15, -0.1) is 0 Å². The Balaban J connectivity index is 2.69. The highest BCUT2D eigenvalue weighted by Crippen LogP contribution is 2.29. The minimum atomic E-state index is 0.209. The van der Waals surface area contributed by atoms with Crippen LogP contribution in [-0.4, -0.2) is 0 Å². The van der Waals surface area contributed by atoms with Gasteiger partial charge >= 0.3 is 0 Å². The van der Waals surface area contributed by atoms with Gasteiger partial charge in [-0.05, 0) is 17.0 Å². The minimum absolute atomic E-state index is 0.209. The summed E-state index contributed by atoms with van der Waals surface area (Å²) in [4.78, 5) is 0. The molecule has 0 radical (unpaired) electrons. The van der Waals surface area contributed by atoms with Crippen LogP contribution in [0.1, 0.15) is 25.0 Å². The Morgan fingerprint density at radius 3 is 1.58 bits per heavy atom. The van der Waals surface area contributed by atoms with Crippen LogP contribution in [-0.2, 0) is 0 Å². The minimum Gasteiger partial charge on any atom is -0.193 e. The predicted octanol–water partition coefficient (Wildman–Crippen LogP) is 4.67. The average Bonchev–Trinajstić information content (AvgIpc) is 2.46. The predicted molar refractivity (Wildman–Crippen MR) is 79.4 cm³/mol. The molecule has 0 amide bonds. The topological polar surface area (TPSA) is 23.8 Å². The van der Waals surface area contributed by atoms with Crippen molar-refractivity contribution in [3.63, 3.8) is 0 Å². The zero-order chi connectivity index (χ0) is 13.7. The Morgan fingerprint density at radius 2 is 1.26 bits per heavy atom. The second-order valence-electron chi connectivity index (χ2n) is 4.79. The maximum absolute atomic E-state index is 9.48. The van der Waals surface area contributed by atoms with Gasteiger partial charge in [0, 0.05) is 11.1 Å². The van der Waals surface area contributed by atoms with Crippen LogP contribution >= 0.6 is 0 Å².